The molecule has 2 aromatic carbocycles. The second kappa shape index (κ2) is 7.99. The maximum absolute atomic E-state index is 3.76. The molecule has 0 saturated heterocycles. The zero-order valence-corrected chi connectivity index (χ0v) is 14.9. The smallest absolute Gasteiger partial charge is 0.00651 e. The number of rotatable bonds is 5. The third-order valence-electron chi connectivity index (χ3n) is 4.10. The van der Waals surface area contributed by atoms with Crippen molar-refractivity contribution in [3.8, 4) is 0 Å². The van der Waals surface area contributed by atoms with Gasteiger partial charge in [0, 0.05) is 5.57 Å². The van der Waals surface area contributed by atoms with Gasteiger partial charge in [0.05, 0.1) is 0 Å². The third-order valence-corrected chi connectivity index (χ3v) is 4.10. The second-order valence-electron chi connectivity index (χ2n) is 7.06. The number of allylic oxidation sites excluding steroid dienone is 1. The monoisotopic (exact) mass is 304 g/mol. The normalized spacial score (nSPS) is 11.0. The molecule has 0 radical (unpaired) electrons. The maximum atomic E-state index is 3.76. The van der Waals surface area contributed by atoms with Crippen molar-refractivity contribution < 1.29 is 0 Å². The Kier molecular flexibility index (Phi) is 6.02. The van der Waals surface area contributed by atoms with Crippen LogP contribution in [0.2, 0.25) is 0 Å². The van der Waals surface area contributed by atoms with Crippen molar-refractivity contribution in [3.63, 3.8) is 0 Å². The molecule has 120 valence electrons. The van der Waals surface area contributed by atoms with E-state index < -0.39 is 0 Å². The van der Waals surface area contributed by atoms with E-state index >= 15 is 0 Å². The molecule has 0 spiro atoms. The lowest BCUT2D eigenvalue weighted by atomic mass is 9.82. The van der Waals surface area contributed by atoms with E-state index in [1.165, 1.54) is 22.3 Å². The van der Waals surface area contributed by atoms with Crippen molar-refractivity contribution in [2.24, 2.45) is 5.41 Å². The van der Waals surface area contributed by atoms with Gasteiger partial charge in [0.25, 0.3) is 0 Å². The average Bonchev–Trinajstić information content (AvgIpc) is 2.55. The highest BCUT2D eigenvalue weighted by molar-refractivity contribution is 5.69. The fourth-order valence-corrected chi connectivity index (χ4v) is 2.74. The highest BCUT2D eigenvalue weighted by atomic mass is 14.2. The molecule has 0 aliphatic rings. The molecule has 0 saturated carbocycles. The van der Waals surface area contributed by atoms with Gasteiger partial charge in [0.1, 0.15) is 0 Å². The Balaban J connectivity index is 2.34. The Morgan fingerprint density at radius 3 is 1.96 bits per heavy atom. The molecule has 0 atom stereocenters. The first-order valence-corrected chi connectivity index (χ1v) is 8.59. The van der Waals surface area contributed by atoms with Gasteiger partial charge < -0.3 is 0 Å². The molecule has 2 aromatic rings. The molecule has 0 heterocycles. The topological polar surface area (TPSA) is 0 Å². The number of benzene rings is 2. The summed E-state index contributed by atoms with van der Waals surface area (Å²) in [5.41, 5.74) is 9.25. The van der Waals surface area contributed by atoms with Crippen molar-refractivity contribution in [2.75, 3.05) is 0 Å². The molecule has 0 aliphatic heterocycles. The summed E-state index contributed by atoms with van der Waals surface area (Å²) in [5.74, 6) is 0. The lowest BCUT2D eigenvalue weighted by Crippen LogP contribution is -2.08. The molecule has 0 heteroatoms. The minimum atomic E-state index is 0.0918. The van der Waals surface area contributed by atoms with Crippen LogP contribution in [0.5, 0.6) is 0 Å². The molecule has 0 bridgehead atoms. The molecule has 23 heavy (non-hydrogen) atoms. The van der Waals surface area contributed by atoms with Gasteiger partial charge in [0.2, 0.25) is 0 Å². The van der Waals surface area contributed by atoms with E-state index in [0.29, 0.717) is 0 Å². The molecule has 0 fully saturated rings. The zero-order chi connectivity index (χ0) is 16.7. The molecule has 0 amide bonds. The highest BCUT2D eigenvalue weighted by Gasteiger charge is 2.18. The summed E-state index contributed by atoms with van der Waals surface area (Å²) in [7, 11) is 0. The Labute approximate surface area is 141 Å². The number of hydrogen-bond donors (Lipinski definition) is 0. The van der Waals surface area contributed by atoms with Crippen molar-refractivity contribution >= 4 is 5.57 Å². The highest BCUT2D eigenvalue weighted by Crippen LogP contribution is 2.33. The van der Waals surface area contributed by atoms with E-state index in [1.54, 1.807) is 0 Å². The van der Waals surface area contributed by atoms with E-state index in [-0.39, 0.29) is 5.41 Å². The van der Waals surface area contributed by atoms with Gasteiger partial charge in [-0.3, -0.25) is 0 Å². The van der Waals surface area contributed by atoms with Crippen molar-refractivity contribution in [1.82, 2.24) is 0 Å². The Morgan fingerprint density at radius 1 is 0.870 bits per heavy atom. The van der Waals surface area contributed by atoms with Crippen LogP contribution in [0.4, 0.5) is 0 Å². The van der Waals surface area contributed by atoms with Crippen molar-refractivity contribution in [3.05, 3.63) is 83.1 Å². The summed E-state index contributed by atoms with van der Waals surface area (Å²) in [6.45, 7) is 9.05. The summed E-state index contributed by atoms with van der Waals surface area (Å²) in [6.07, 6.45) is 3.22. The van der Waals surface area contributed by atoms with Gasteiger partial charge in [-0.05, 0) is 41.4 Å². The van der Waals surface area contributed by atoms with Crippen LogP contribution in [0.15, 0.2) is 72.0 Å². The molecule has 0 aliphatic carbocycles. The van der Waals surface area contributed by atoms with Crippen LogP contribution in [0.3, 0.4) is 0 Å². The Hall–Kier alpha value is -2.04. The predicted molar refractivity (Wildman–Crippen MR) is 101 cm³/mol. The first-order chi connectivity index (χ1) is 11.0. The van der Waals surface area contributed by atoms with E-state index in [2.05, 4.69) is 94.1 Å². The van der Waals surface area contributed by atoms with Gasteiger partial charge in [-0.25, -0.2) is 0 Å². The number of hydrogen-bond acceptors (Lipinski definition) is 0. The van der Waals surface area contributed by atoms with E-state index in [1.807, 2.05) is 0 Å². The predicted octanol–water partition coefficient (Wildman–Crippen LogP) is 6.68. The van der Waals surface area contributed by atoms with Gasteiger partial charge in [-0.15, -0.1) is 5.73 Å². The standard InChI is InChI=1S/C23H28/c1-5-19(16-17-20-12-8-6-9-13-20)18-22(23(2,3)4)21-14-10-7-11-15-21/h6-15H,5,16-17H2,1-4H3. The molecule has 0 unspecified atom stereocenters. The zero-order valence-electron chi connectivity index (χ0n) is 14.9. The largest absolute Gasteiger partial charge is 0.117 e. The summed E-state index contributed by atoms with van der Waals surface area (Å²) in [5, 5.41) is 0. The summed E-state index contributed by atoms with van der Waals surface area (Å²) in [6, 6.07) is 21.4. The van der Waals surface area contributed by atoms with Crippen LogP contribution in [-0.2, 0) is 6.42 Å². The van der Waals surface area contributed by atoms with E-state index in [0.717, 1.165) is 19.3 Å². The fraction of sp³-hybridized carbons (Fsp3) is 0.348. The Bertz CT molecular complexity index is 663. The molecule has 0 nitrogen and oxygen atoms in total. The molecule has 0 N–H and O–H groups in total. The van der Waals surface area contributed by atoms with E-state index in [9.17, 15) is 0 Å². The SMILES string of the molecule is CCC(=C=C(c1ccccc1)C(C)(C)C)CCc1ccccc1. The van der Waals surface area contributed by atoms with Crippen LogP contribution in [-0.4, -0.2) is 0 Å². The quantitative estimate of drug-likeness (QED) is 0.540. The van der Waals surface area contributed by atoms with Crippen LogP contribution < -0.4 is 0 Å². The molecular weight excluding hydrogens is 276 g/mol. The van der Waals surface area contributed by atoms with Crippen LogP contribution in [0, 0.1) is 5.41 Å². The van der Waals surface area contributed by atoms with Crippen molar-refractivity contribution in [1.29, 1.82) is 0 Å². The minimum absolute atomic E-state index is 0.0918. The lowest BCUT2D eigenvalue weighted by Gasteiger charge is -2.22. The molecular formula is C23H28. The lowest BCUT2D eigenvalue weighted by molar-refractivity contribution is 0.567. The fourth-order valence-electron chi connectivity index (χ4n) is 2.74. The van der Waals surface area contributed by atoms with Gasteiger partial charge >= 0.3 is 0 Å². The minimum Gasteiger partial charge on any atom is -0.117 e. The van der Waals surface area contributed by atoms with Gasteiger partial charge in [0.15, 0.2) is 0 Å². The third kappa shape index (κ3) is 5.27. The average molecular weight is 304 g/mol. The summed E-state index contributed by atoms with van der Waals surface area (Å²) < 4.78 is 0. The molecule has 0 aromatic heterocycles. The molecule has 2 rings (SSSR count). The van der Waals surface area contributed by atoms with Crippen LogP contribution in [0.1, 0.15) is 51.7 Å². The first kappa shape index (κ1) is 17.3. The second-order valence-corrected chi connectivity index (χ2v) is 7.06. The van der Waals surface area contributed by atoms with Crippen LogP contribution >= 0.6 is 0 Å². The first-order valence-electron chi connectivity index (χ1n) is 8.59. The van der Waals surface area contributed by atoms with Gasteiger partial charge in [-0.2, -0.15) is 0 Å². The van der Waals surface area contributed by atoms with Crippen molar-refractivity contribution in [2.45, 2.75) is 47.0 Å². The maximum Gasteiger partial charge on any atom is 0.00651 e. The summed E-state index contributed by atoms with van der Waals surface area (Å²) in [4.78, 5) is 0. The number of aryl methyl sites for hydroxylation is 1. The Morgan fingerprint density at radius 2 is 1.43 bits per heavy atom. The van der Waals surface area contributed by atoms with E-state index in [4.69, 9.17) is 0 Å². The summed E-state index contributed by atoms with van der Waals surface area (Å²) >= 11 is 0. The van der Waals surface area contributed by atoms with Gasteiger partial charge in [-0.1, -0.05) is 88.4 Å². The van der Waals surface area contributed by atoms with Crippen LogP contribution in [0.25, 0.3) is 5.57 Å².